The average Bonchev–Trinajstić information content (AvgIpc) is 2.27. The highest BCUT2D eigenvalue weighted by atomic mass is 28.2. The first-order chi connectivity index (χ1) is 6.70. The predicted molar refractivity (Wildman–Crippen MR) is 57.2 cm³/mol. The van der Waals surface area contributed by atoms with E-state index in [-0.39, 0.29) is 11.1 Å². The van der Waals surface area contributed by atoms with E-state index in [0.717, 1.165) is 0 Å². The van der Waals surface area contributed by atoms with Gasteiger partial charge in [0.15, 0.2) is 0 Å². The highest BCUT2D eigenvalue weighted by molar-refractivity contribution is 6.15. The molecular weight excluding hydrogens is 216 g/mol. The molecule has 4 nitrogen and oxygen atoms in total. The fourth-order valence-corrected chi connectivity index (χ4v) is 1.50. The van der Waals surface area contributed by atoms with Crippen LogP contribution in [0.4, 0.5) is 0 Å². The SMILES string of the molecule is O=C(O[SiH3])c1ccccc1C(=O)O[SiH3]. The number of benzene rings is 1. The molecule has 1 aromatic carbocycles. The first-order valence-electron chi connectivity index (χ1n) is 3.96. The molecular formula is C8H10O4Si2. The van der Waals surface area contributed by atoms with Crippen molar-refractivity contribution < 1.29 is 18.4 Å². The third kappa shape index (κ3) is 2.09. The van der Waals surface area contributed by atoms with E-state index in [2.05, 4.69) is 8.85 Å². The number of carbonyl (C=O) groups is 2. The van der Waals surface area contributed by atoms with Crippen LogP contribution in [0.1, 0.15) is 20.7 Å². The lowest BCUT2D eigenvalue weighted by molar-refractivity contribution is 0.0707. The summed E-state index contributed by atoms with van der Waals surface area (Å²) in [5, 5.41) is 0. The fraction of sp³-hybridized carbons (Fsp3) is 0. The summed E-state index contributed by atoms with van der Waals surface area (Å²) >= 11 is 0. The van der Waals surface area contributed by atoms with Gasteiger partial charge >= 0.3 is 11.9 Å². The Hall–Kier alpha value is -1.41. The third-order valence-corrected chi connectivity index (χ3v) is 2.48. The second-order valence-electron chi connectivity index (χ2n) is 2.53. The summed E-state index contributed by atoms with van der Waals surface area (Å²) in [5.41, 5.74) is 0.534. The Balaban J connectivity index is 3.15. The molecule has 0 heterocycles. The first-order valence-corrected chi connectivity index (χ1v) is 5.59. The Morgan fingerprint density at radius 3 is 1.57 bits per heavy atom. The maximum absolute atomic E-state index is 11.3. The largest absolute Gasteiger partial charge is 0.525 e. The summed E-state index contributed by atoms with van der Waals surface area (Å²) < 4.78 is 9.35. The van der Waals surface area contributed by atoms with Crippen molar-refractivity contribution in [2.75, 3.05) is 0 Å². The lowest BCUT2D eigenvalue weighted by Gasteiger charge is -2.05. The first kappa shape index (κ1) is 10.7. The van der Waals surface area contributed by atoms with E-state index in [1.165, 1.54) is 0 Å². The van der Waals surface area contributed by atoms with Crippen LogP contribution in [0.5, 0.6) is 0 Å². The predicted octanol–water partition coefficient (Wildman–Crippen LogP) is -1.44. The van der Waals surface area contributed by atoms with Crippen molar-refractivity contribution in [3.05, 3.63) is 35.4 Å². The van der Waals surface area contributed by atoms with Gasteiger partial charge in [-0.1, -0.05) is 12.1 Å². The minimum atomic E-state index is -0.473. The Morgan fingerprint density at radius 1 is 0.929 bits per heavy atom. The van der Waals surface area contributed by atoms with Gasteiger partial charge in [0.1, 0.15) is 0 Å². The lowest BCUT2D eigenvalue weighted by Crippen LogP contribution is -2.12. The van der Waals surface area contributed by atoms with Gasteiger partial charge in [0.25, 0.3) is 0 Å². The second-order valence-corrected chi connectivity index (χ2v) is 3.35. The normalized spacial score (nSPS) is 9.71. The zero-order chi connectivity index (χ0) is 10.6. The van der Waals surface area contributed by atoms with Gasteiger partial charge in [0.05, 0.1) is 11.1 Å². The molecule has 6 heteroatoms. The number of hydrogen-bond donors (Lipinski definition) is 0. The van der Waals surface area contributed by atoms with Crippen LogP contribution in [0.25, 0.3) is 0 Å². The van der Waals surface area contributed by atoms with Crippen LogP contribution in [-0.4, -0.2) is 32.9 Å². The molecule has 0 spiro atoms. The topological polar surface area (TPSA) is 52.6 Å². The highest BCUT2D eigenvalue weighted by Gasteiger charge is 2.15. The Morgan fingerprint density at radius 2 is 1.29 bits per heavy atom. The summed E-state index contributed by atoms with van der Waals surface area (Å²) in [6.45, 7) is 0. The smallest absolute Gasteiger partial charge is 0.325 e. The summed E-state index contributed by atoms with van der Waals surface area (Å²) in [6.07, 6.45) is 0. The van der Waals surface area contributed by atoms with Crippen molar-refractivity contribution in [3.8, 4) is 0 Å². The fourth-order valence-electron chi connectivity index (χ4n) is 1.06. The monoisotopic (exact) mass is 226 g/mol. The minimum absolute atomic E-state index is 0.267. The molecule has 0 saturated heterocycles. The number of rotatable bonds is 2. The van der Waals surface area contributed by atoms with Crippen molar-refractivity contribution in [1.29, 1.82) is 0 Å². The second kappa shape index (κ2) is 4.73. The van der Waals surface area contributed by atoms with Crippen LogP contribution in [0.2, 0.25) is 0 Å². The summed E-state index contributed by atoms with van der Waals surface area (Å²) in [5.74, 6) is -0.946. The number of hydrogen-bond acceptors (Lipinski definition) is 4. The molecule has 0 radical (unpaired) electrons. The summed E-state index contributed by atoms with van der Waals surface area (Å²) in [6, 6.07) is 6.46. The highest BCUT2D eigenvalue weighted by Crippen LogP contribution is 2.10. The van der Waals surface area contributed by atoms with E-state index in [9.17, 15) is 9.59 Å². The molecule has 0 unspecified atom stereocenters. The van der Waals surface area contributed by atoms with E-state index in [4.69, 9.17) is 0 Å². The molecule has 0 saturated carbocycles. The molecule has 0 aliphatic rings. The van der Waals surface area contributed by atoms with Gasteiger partial charge in [-0.15, -0.1) is 0 Å². The van der Waals surface area contributed by atoms with Gasteiger partial charge in [-0.2, -0.15) is 0 Å². The summed E-state index contributed by atoms with van der Waals surface area (Å²) in [4.78, 5) is 22.5. The van der Waals surface area contributed by atoms with Gasteiger partial charge in [-0.3, -0.25) is 0 Å². The summed E-state index contributed by atoms with van der Waals surface area (Å²) in [7, 11) is 0.620. The standard InChI is InChI=1S/C8H10O4Si2/c9-7(11-13)5-3-1-2-4-6(5)8(10)12-14/h1-4H,13-14H3. The molecule has 0 aliphatic carbocycles. The molecule has 0 aromatic heterocycles. The van der Waals surface area contributed by atoms with Crippen LogP contribution in [0, 0.1) is 0 Å². The van der Waals surface area contributed by atoms with E-state index < -0.39 is 11.9 Å². The maximum atomic E-state index is 11.3. The van der Waals surface area contributed by atoms with Crippen LogP contribution in [0.3, 0.4) is 0 Å². The zero-order valence-corrected chi connectivity index (χ0v) is 11.9. The Kier molecular flexibility index (Phi) is 3.60. The molecule has 1 rings (SSSR count). The molecule has 0 aliphatic heterocycles. The van der Waals surface area contributed by atoms with Crippen molar-refractivity contribution >= 4 is 32.9 Å². The van der Waals surface area contributed by atoms with E-state index in [1.807, 2.05) is 0 Å². The van der Waals surface area contributed by atoms with Gasteiger partial charge in [-0.05, 0) is 12.1 Å². The third-order valence-electron chi connectivity index (χ3n) is 1.74. The maximum Gasteiger partial charge on any atom is 0.325 e. The van der Waals surface area contributed by atoms with Crippen molar-refractivity contribution in [2.45, 2.75) is 0 Å². The van der Waals surface area contributed by atoms with Gasteiger partial charge in [-0.25, -0.2) is 9.59 Å². The van der Waals surface area contributed by atoms with Crippen LogP contribution >= 0.6 is 0 Å². The van der Waals surface area contributed by atoms with Gasteiger partial charge in [0, 0.05) is 0 Å². The average molecular weight is 226 g/mol. The zero-order valence-electron chi connectivity index (χ0n) is 7.94. The molecule has 1 aromatic rings. The molecule has 0 amide bonds. The van der Waals surface area contributed by atoms with Gasteiger partial charge < -0.3 is 8.85 Å². The van der Waals surface area contributed by atoms with E-state index in [0.29, 0.717) is 21.0 Å². The van der Waals surface area contributed by atoms with E-state index in [1.54, 1.807) is 24.3 Å². The number of carbonyl (C=O) groups excluding carboxylic acids is 2. The van der Waals surface area contributed by atoms with Crippen LogP contribution < -0.4 is 0 Å². The molecule has 0 bridgehead atoms. The van der Waals surface area contributed by atoms with Crippen molar-refractivity contribution in [3.63, 3.8) is 0 Å². The molecule has 74 valence electrons. The quantitative estimate of drug-likeness (QED) is 0.580. The van der Waals surface area contributed by atoms with Crippen LogP contribution in [0.15, 0.2) is 24.3 Å². The minimum Gasteiger partial charge on any atom is -0.525 e. The lowest BCUT2D eigenvalue weighted by atomic mass is 10.1. The van der Waals surface area contributed by atoms with Crippen LogP contribution in [-0.2, 0) is 8.85 Å². The Labute approximate surface area is 87.3 Å². The Bertz CT molecular complexity index is 329. The van der Waals surface area contributed by atoms with Gasteiger partial charge in [0.2, 0.25) is 21.0 Å². The van der Waals surface area contributed by atoms with Crippen molar-refractivity contribution in [2.24, 2.45) is 0 Å². The molecule has 0 atom stereocenters. The van der Waals surface area contributed by atoms with Crippen molar-refractivity contribution in [1.82, 2.24) is 0 Å². The molecule has 0 N–H and O–H groups in total. The molecule has 0 fully saturated rings. The van der Waals surface area contributed by atoms with E-state index >= 15 is 0 Å². The molecule has 14 heavy (non-hydrogen) atoms.